The van der Waals surface area contributed by atoms with Crippen molar-refractivity contribution in [3.8, 4) is 0 Å². The molecule has 1 fully saturated rings. The van der Waals surface area contributed by atoms with Crippen LogP contribution in [-0.4, -0.2) is 25.3 Å². The molecule has 0 aromatic carbocycles. The standard InChI is InChI=1S/C12H18O3/c1-5-12(4)8-14-7-10(12)6-11(13)15-9(2)3/h5-6,9H,1,7-8H2,2-4H3/b10-6+. The number of hydrogen-bond acceptors (Lipinski definition) is 3. The van der Waals surface area contributed by atoms with Crippen LogP contribution in [0.25, 0.3) is 0 Å². The summed E-state index contributed by atoms with van der Waals surface area (Å²) in [6.45, 7) is 10.5. The number of rotatable bonds is 3. The lowest BCUT2D eigenvalue weighted by molar-refractivity contribution is -0.141. The minimum absolute atomic E-state index is 0.0911. The van der Waals surface area contributed by atoms with Gasteiger partial charge in [-0.15, -0.1) is 6.58 Å². The van der Waals surface area contributed by atoms with Gasteiger partial charge >= 0.3 is 5.97 Å². The highest BCUT2D eigenvalue weighted by molar-refractivity contribution is 5.83. The van der Waals surface area contributed by atoms with Gasteiger partial charge in [-0.25, -0.2) is 4.79 Å². The first-order valence-electron chi connectivity index (χ1n) is 5.11. The zero-order valence-electron chi connectivity index (χ0n) is 9.58. The van der Waals surface area contributed by atoms with E-state index in [0.29, 0.717) is 13.2 Å². The van der Waals surface area contributed by atoms with Gasteiger partial charge in [-0.1, -0.05) is 13.0 Å². The van der Waals surface area contributed by atoms with E-state index in [-0.39, 0.29) is 17.5 Å². The van der Waals surface area contributed by atoms with E-state index < -0.39 is 0 Å². The van der Waals surface area contributed by atoms with Crippen LogP contribution in [0, 0.1) is 5.41 Å². The van der Waals surface area contributed by atoms with Crippen LogP contribution in [0.1, 0.15) is 20.8 Å². The van der Waals surface area contributed by atoms with E-state index in [0.717, 1.165) is 5.57 Å². The van der Waals surface area contributed by atoms with E-state index in [4.69, 9.17) is 9.47 Å². The van der Waals surface area contributed by atoms with Gasteiger partial charge < -0.3 is 9.47 Å². The summed E-state index contributed by atoms with van der Waals surface area (Å²) in [4.78, 5) is 11.4. The molecule has 1 unspecified atom stereocenters. The quantitative estimate of drug-likeness (QED) is 0.406. The van der Waals surface area contributed by atoms with Crippen LogP contribution in [0.5, 0.6) is 0 Å². The maximum Gasteiger partial charge on any atom is 0.331 e. The van der Waals surface area contributed by atoms with Crippen LogP contribution in [0.4, 0.5) is 0 Å². The number of esters is 1. The van der Waals surface area contributed by atoms with Crippen molar-refractivity contribution in [3.63, 3.8) is 0 Å². The lowest BCUT2D eigenvalue weighted by Gasteiger charge is -2.18. The molecule has 15 heavy (non-hydrogen) atoms. The summed E-state index contributed by atoms with van der Waals surface area (Å²) >= 11 is 0. The Morgan fingerprint density at radius 3 is 2.87 bits per heavy atom. The van der Waals surface area contributed by atoms with E-state index in [1.165, 1.54) is 6.08 Å². The van der Waals surface area contributed by atoms with Crippen molar-refractivity contribution in [1.82, 2.24) is 0 Å². The molecule has 1 aliphatic heterocycles. The van der Waals surface area contributed by atoms with Crippen molar-refractivity contribution in [2.75, 3.05) is 13.2 Å². The lowest BCUT2D eigenvalue weighted by Crippen LogP contribution is -2.17. The maximum atomic E-state index is 11.4. The second-order valence-corrected chi connectivity index (χ2v) is 4.27. The van der Waals surface area contributed by atoms with Crippen LogP contribution in [-0.2, 0) is 14.3 Å². The molecule has 0 aliphatic carbocycles. The molecule has 0 aromatic rings. The van der Waals surface area contributed by atoms with Crippen molar-refractivity contribution < 1.29 is 14.3 Å². The van der Waals surface area contributed by atoms with Gasteiger partial charge in [0, 0.05) is 11.5 Å². The molecule has 0 bridgehead atoms. The Morgan fingerprint density at radius 1 is 1.67 bits per heavy atom. The first kappa shape index (κ1) is 12.0. The molecule has 0 aromatic heterocycles. The summed E-state index contributed by atoms with van der Waals surface area (Å²) < 4.78 is 10.4. The number of ether oxygens (including phenoxy) is 2. The summed E-state index contributed by atoms with van der Waals surface area (Å²) in [6, 6.07) is 0. The first-order chi connectivity index (χ1) is 6.98. The third-order valence-electron chi connectivity index (χ3n) is 2.49. The van der Waals surface area contributed by atoms with Crippen LogP contribution in [0.15, 0.2) is 24.3 Å². The highest BCUT2D eigenvalue weighted by Crippen LogP contribution is 2.34. The molecule has 1 saturated heterocycles. The smallest absolute Gasteiger partial charge is 0.331 e. The number of carbonyl (C=O) groups excluding carboxylic acids is 1. The molecular weight excluding hydrogens is 192 g/mol. The molecule has 1 atom stereocenters. The SMILES string of the molecule is C=CC1(C)COC/C1=C\C(=O)OC(C)C. The monoisotopic (exact) mass is 210 g/mol. The van der Waals surface area contributed by atoms with Gasteiger partial charge in [0.15, 0.2) is 0 Å². The van der Waals surface area contributed by atoms with Crippen LogP contribution in [0.3, 0.4) is 0 Å². The Hall–Kier alpha value is -1.09. The molecule has 0 amide bonds. The van der Waals surface area contributed by atoms with Crippen molar-refractivity contribution in [2.45, 2.75) is 26.9 Å². The Morgan fingerprint density at radius 2 is 2.33 bits per heavy atom. The van der Waals surface area contributed by atoms with Crippen molar-refractivity contribution in [3.05, 3.63) is 24.3 Å². The third-order valence-corrected chi connectivity index (χ3v) is 2.49. The molecule has 84 valence electrons. The van der Waals surface area contributed by atoms with Gasteiger partial charge in [0.1, 0.15) is 0 Å². The highest BCUT2D eigenvalue weighted by Gasteiger charge is 2.32. The molecule has 1 heterocycles. The van der Waals surface area contributed by atoms with Crippen LogP contribution >= 0.6 is 0 Å². The summed E-state index contributed by atoms with van der Waals surface area (Å²) in [5, 5.41) is 0. The fourth-order valence-electron chi connectivity index (χ4n) is 1.44. The molecule has 0 saturated carbocycles. The molecule has 3 nitrogen and oxygen atoms in total. The zero-order chi connectivity index (χ0) is 11.5. The minimum atomic E-state index is -0.307. The van der Waals surface area contributed by atoms with Crippen molar-refractivity contribution >= 4 is 5.97 Å². The fraction of sp³-hybridized carbons (Fsp3) is 0.583. The van der Waals surface area contributed by atoms with Crippen LogP contribution in [0.2, 0.25) is 0 Å². The Balaban J connectivity index is 2.74. The summed E-state index contributed by atoms with van der Waals surface area (Å²) in [5.74, 6) is -0.307. The minimum Gasteiger partial charge on any atom is -0.460 e. The van der Waals surface area contributed by atoms with Gasteiger partial charge in [0.25, 0.3) is 0 Å². The third kappa shape index (κ3) is 2.93. The highest BCUT2D eigenvalue weighted by atomic mass is 16.5. The lowest BCUT2D eigenvalue weighted by atomic mass is 9.85. The molecule has 0 radical (unpaired) electrons. The largest absolute Gasteiger partial charge is 0.460 e. The topological polar surface area (TPSA) is 35.5 Å². The van der Waals surface area contributed by atoms with Gasteiger partial charge in [-0.3, -0.25) is 0 Å². The van der Waals surface area contributed by atoms with Gasteiger partial charge in [0.2, 0.25) is 0 Å². The van der Waals surface area contributed by atoms with Gasteiger partial charge in [0.05, 0.1) is 19.3 Å². The van der Waals surface area contributed by atoms with E-state index in [1.807, 2.05) is 26.8 Å². The van der Waals surface area contributed by atoms with E-state index in [9.17, 15) is 4.79 Å². The fourth-order valence-corrected chi connectivity index (χ4v) is 1.44. The van der Waals surface area contributed by atoms with Gasteiger partial charge in [-0.2, -0.15) is 0 Å². The summed E-state index contributed by atoms with van der Waals surface area (Å²) in [5.41, 5.74) is 0.707. The zero-order valence-corrected chi connectivity index (χ0v) is 9.58. The second kappa shape index (κ2) is 4.62. The summed E-state index contributed by atoms with van der Waals surface area (Å²) in [7, 11) is 0. The number of hydrogen-bond donors (Lipinski definition) is 0. The van der Waals surface area contributed by atoms with Crippen molar-refractivity contribution in [1.29, 1.82) is 0 Å². The normalized spacial score (nSPS) is 28.4. The molecular formula is C12H18O3. The van der Waals surface area contributed by atoms with E-state index in [2.05, 4.69) is 6.58 Å². The average molecular weight is 210 g/mol. The predicted molar refractivity (Wildman–Crippen MR) is 58.4 cm³/mol. The molecule has 3 heteroatoms. The maximum absolute atomic E-state index is 11.4. The predicted octanol–water partition coefficient (Wildman–Crippen LogP) is 2.09. The Labute approximate surface area is 90.8 Å². The molecule has 0 spiro atoms. The van der Waals surface area contributed by atoms with Gasteiger partial charge in [-0.05, 0) is 19.4 Å². The first-order valence-corrected chi connectivity index (χ1v) is 5.11. The second-order valence-electron chi connectivity index (χ2n) is 4.27. The number of carbonyl (C=O) groups is 1. The van der Waals surface area contributed by atoms with Crippen LogP contribution < -0.4 is 0 Å². The van der Waals surface area contributed by atoms with E-state index in [1.54, 1.807) is 0 Å². The van der Waals surface area contributed by atoms with E-state index >= 15 is 0 Å². The molecule has 1 aliphatic rings. The Bertz CT molecular complexity index is 291. The summed E-state index contributed by atoms with van der Waals surface area (Å²) in [6.07, 6.45) is 3.25. The van der Waals surface area contributed by atoms with Crippen molar-refractivity contribution in [2.24, 2.45) is 5.41 Å². The Kier molecular flexibility index (Phi) is 3.69. The average Bonchev–Trinajstić information content (AvgIpc) is 2.47. The molecule has 1 rings (SSSR count). The molecule has 0 N–H and O–H groups in total.